The average Bonchev–Trinajstić information content (AvgIpc) is 2.69. The van der Waals surface area contributed by atoms with Gasteiger partial charge in [-0.2, -0.15) is 0 Å². The maximum absolute atomic E-state index is 12.2. The van der Waals surface area contributed by atoms with Gasteiger partial charge in [0.05, 0.1) is 9.95 Å². The molecule has 21 heavy (non-hydrogen) atoms. The van der Waals surface area contributed by atoms with E-state index in [0.29, 0.717) is 0 Å². The first-order valence-electron chi connectivity index (χ1n) is 7.03. The zero-order valence-corrected chi connectivity index (χ0v) is 12.4. The SMILES string of the molecule is Nc1c(Cl)cc(C(=O)NC2CCCCCC2)cc1[N+](=O)[O-]. The van der Waals surface area contributed by atoms with Gasteiger partial charge in [-0.3, -0.25) is 14.9 Å². The lowest BCUT2D eigenvalue weighted by Gasteiger charge is -2.16. The summed E-state index contributed by atoms with van der Waals surface area (Å²) in [5.74, 6) is -0.341. The second kappa shape index (κ2) is 6.76. The summed E-state index contributed by atoms with van der Waals surface area (Å²) in [6, 6.07) is 2.67. The van der Waals surface area contributed by atoms with Crippen LogP contribution in [0.2, 0.25) is 5.02 Å². The van der Waals surface area contributed by atoms with Crippen LogP contribution in [0.15, 0.2) is 12.1 Å². The second-order valence-corrected chi connectivity index (χ2v) is 5.72. The van der Waals surface area contributed by atoms with Crippen LogP contribution in [0.4, 0.5) is 11.4 Å². The Labute approximate surface area is 127 Å². The number of nitro groups is 1. The topological polar surface area (TPSA) is 98.3 Å². The third kappa shape index (κ3) is 3.85. The van der Waals surface area contributed by atoms with Crippen LogP contribution in [0.3, 0.4) is 0 Å². The van der Waals surface area contributed by atoms with Crippen molar-refractivity contribution in [2.75, 3.05) is 5.73 Å². The van der Waals surface area contributed by atoms with E-state index in [9.17, 15) is 14.9 Å². The van der Waals surface area contributed by atoms with Crippen molar-refractivity contribution in [3.05, 3.63) is 32.8 Å². The molecule has 114 valence electrons. The van der Waals surface area contributed by atoms with Crippen LogP contribution in [0.25, 0.3) is 0 Å². The molecule has 7 heteroatoms. The lowest BCUT2D eigenvalue weighted by Crippen LogP contribution is -2.34. The zero-order valence-electron chi connectivity index (χ0n) is 11.6. The molecule has 0 radical (unpaired) electrons. The van der Waals surface area contributed by atoms with Gasteiger partial charge in [0.1, 0.15) is 5.69 Å². The summed E-state index contributed by atoms with van der Waals surface area (Å²) in [6.45, 7) is 0. The van der Waals surface area contributed by atoms with Crippen molar-refractivity contribution in [2.24, 2.45) is 0 Å². The Hall–Kier alpha value is -1.82. The average molecular weight is 312 g/mol. The highest BCUT2D eigenvalue weighted by atomic mass is 35.5. The summed E-state index contributed by atoms with van der Waals surface area (Å²) in [5.41, 5.74) is 5.27. The van der Waals surface area contributed by atoms with Crippen LogP contribution in [-0.4, -0.2) is 16.9 Å². The van der Waals surface area contributed by atoms with E-state index in [-0.39, 0.29) is 33.9 Å². The molecule has 2 rings (SSSR count). The zero-order chi connectivity index (χ0) is 15.4. The van der Waals surface area contributed by atoms with Gasteiger partial charge in [0.25, 0.3) is 11.6 Å². The monoisotopic (exact) mass is 311 g/mol. The number of hydrogen-bond donors (Lipinski definition) is 2. The third-order valence-corrected chi connectivity index (χ3v) is 4.07. The highest BCUT2D eigenvalue weighted by molar-refractivity contribution is 6.34. The highest BCUT2D eigenvalue weighted by Gasteiger charge is 2.21. The molecule has 1 aromatic carbocycles. The van der Waals surface area contributed by atoms with E-state index >= 15 is 0 Å². The van der Waals surface area contributed by atoms with E-state index in [0.717, 1.165) is 25.7 Å². The molecule has 1 aliphatic rings. The van der Waals surface area contributed by atoms with E-state index < -0.39 is 4.92 Å². The maximum atomic E-state index is 12.2. The number of amides is 1. The van der Waals surface area contributed by atoms with E-state index in [1.165, 1.54) is 25.0 Å². The summed E-state index contributed by atoms with van der Waals surface area (Å²) >= 11 is 5.87. The van der Waals surface area contributed by atoms with Crippen molar-refractivity contribution in [3.63, 3.8) is 0 Å². The Morgan fingerprint density at radius 3 is 2.48 bits per heavy atom. The number of nitrogen functional groups attached to an aromatic ring is 1. The minimum absolute atomic E-state index is 0.0233. The van der Waals surface area contributed by atoms with Crippen LogP contribution in [0.1, 0.15) is 48.9 Å². The van der Waals surface area contributed by atoms with Crippen LogP contribution >= 0.6 is 11.6 Å². The van der Waals surface area contributed by atoms with Crippen molar-refractivity contribution < 1.29 is 9.72 Å². The van der Waals surface area contributed by atoms with Crippen molar-refractivity contribution >= 4 is 28.9 Å². The van der Waals surface area contributed by atoms with Gasteiger partial charge in [-0.25, -0.2) is 0 Å². The van der Waals surface area contributed by atoms with Gasteiger partial charge < -0.3 is 11.1 Å². The molecule has 0 saturated heterocycles. The molecule has 0 spiro atoms. The maximum Gasteiger partial charge on any atom is 0.294 e. The lowest BCUT2D eigenvalue weighted by molar-refractivity contribution is -0.383. The molecule has 6 nitrogen and oxygen atoms in total. The predicted molar refractivity (Wildman–Crippen MR) is 81.5 cm³/mol. The fraction of sp³-hybridized carbons (Fsp3) is 0.500. The molecule has 0 heterocycles. The summed E-state index contributed by atoms with van der Waals surface area (Å²) in [7, 11) is 0. The van der Waals surface area contributed by atoms with Crippen molar-refractivity contribution in [2.45, 2.75) is 44.6 Å². The summed E-state index contributed by atoms with van der Waals surface area (Å²) in [4.78, 5) is 22.5. The molecule has 0 aromatic heterocycles. The van der Waals surface area contributed by atoms with Gasteiger partial charge in [0, 0.05) is 17.7 Å². The van der Waals surface area contributed by atoms with Gasteiger partial charge in [-0.1, -0.05) is 37.3 Å². The van der Waals surface area contributed by atoms with Gasteiger partial charge in [0.2, 0.25) is 0 Å². The smallest absolute Gasteiger partial charge is 0.294 e. The molecule has 0 bridgehead atoms. The molecule has 3 N–H and O–H groups in total. The van der Waals surface area contributed by atoms with E-state index in [1.807, 2.05) is 0 Å². The Morgan fingerprint density at radius 1 is 1.29 bits per heavy atom. The Bertz CT molecular complexity index is 555. The van der Waals surface area contributed by atoms with Gasteiger partial charge >= 0.3 is 0 Å². The number of rotatable bonds is 3. The normalized spacial score (nSPS) is 16.2. The van der Waals surface area contributed by atoms with E-state index in [2.05, 4.69) is 5.32 Å². The fourth-order valence-electron chi connectivity index (χ4n) is 2.58. The molecular formula is C14H18ClN3O3. The summed E-state index contributed by atoms with van der Waals surface area (Å²) < 4.78 is 0. The Morgan fingerprint density at radius 2 is 1.90 bits per heavy atom. The number of halogens is 1. The van der Waals surface area contributed by atoms with E-state index in [1.54, 1.807) is 0 Å². The minimum atomic E-state index is -0.635. The van der Waals surface area contributed by atoms with Crippen LogP contribution in [0.5, 0.6) is 0 Å². The van der Waals surface area contributed by atoms with Crippen LogP contribution in [-0.2, 0) is 0 Å². The van der Waals surface area contributed by atoms with Gasteiger partial charge in [0.15, 0.2) is 0 Å². The highest BCUT2D eigenvalue weighted by Crippen LogP contribution is 2.31. The molecule has 0 atom stereocenters. The molecule has 1 saturated carbocycles. The first-order valence-corrected chi connectivity index (χ1v) is 7.41. The second-order valence-electron chi connectivity index (χ2n) is 5.31. The fourth-order valence-corrected chi connectivity index (χ4v) is 2.79. The number of benzene rings is 1. The number of nitrogens with one attached hydrogen (secondary N) is 1. The molecule has 1 fully saturated rings. The van der Waals surface area contributed by atoms with Crippen molar-refractivity contribution in [1.29, 1.82) is 0 Å². The summed E-state index contributed by atoms with van der Waals surface area (Å²) in [5, 5.41) is 13.9. The van der Waals surface area contributed by atoms with Crippen LogP contribution < -0.4 is 11.1 Å². The molecule has 1 aliphatic carbocycles. The van der Waals surface area contributed by atoms with Crippen molar-refractivity contribution in [3.8, 4) is 0 Å². The summed E-state index contributed by atoms with van der Waals surface area (Å²) in [6.07, 6.45) is 6.44. The van der Waals surface area contributed by atoms with Gasteiger partial charge in [-0.15, -0.1) is 0 Å². The number of hydrogen-bond acceptors (Lipinski definition) is 4. The predicted octanol–water partition coefficient (Wildman–Crippen LogP) is 3.28. The molecule has 1 aromatic rings. The number of nitrogens with zero attached hydrogens (tertiary/aromatic N) is 1. The quantitative estimate of drug-likeness (QED) is 0.387. The number of nitrogens with two attached hydrogens (primary N) is 1. The van der Waals surface area contributed by atoms with Crippen LogP contribution in [0, 0.1) is 10.1 Å². The number of nitro benzene ring substituents is 1. The number of carbonyl (C=O) groups excluding carboxylic acids is 1. The molecular weight excluding hydrogens is 294 g/mol. The Kier molecular flexibility index (Phi) is 5.01. The van der Waals surface area contributed by atoms with Gasteiger partial charge in [-0.05, 0) is 18.9 Å². The third-order valence-electron chi connectivity index (χ3n) is 3.76. The first-order chi connectivity index (χ1) is 9.99. The molecule has 0 unspecified atom stereocenters. The minimum Gasteiger partial charge on any atom is -0.392 e. The Balaban J connectivity index is 2.17. The molecule has 0 aliphatic heterocycles. The van der Waals surface area contributed by atoms with Crippen molar-refractivity contribution in [1.82, 2.24) is 5.32 Å². The number of carbonyl (C=O) groups is 1. The first kappa shape index (κ1) is 15.6. The number of anilines is 1. The standard InChI is InChI=1S/C14H18ClN3O3/c15-11-7-9(8-12(13(11)16)18(20)21)14(19)17-10-5-3-1-2-4-6-10/h7-8,10H,1-6,16H2,(H,17,19). The molecule has 1 amide bonds. The largest absolute Gasteiger partial charge is 0.392 e. The lowest BCUT2D eigenvalue weighted by atomic mass is 10.1. The van der Waals surface area contributed by atoms with E-state index in [4.69, 9.17) is 17.3 Å².